The molecule has 0 saturated carbocycles. The topological polar surface area (TPSA) is 45.1 Å². The minimum Gasteiger partial charge on any atom is -0.396 e. The molecule has 5 heteroatoms. The number of pyridine rings is 1. The van der Waals surface area contributed by atoms with Crippen molar-refractivity contribution < 1.29 is 5.11 Å². The molecule has 0 aliphatic carbocycles. The second-order valence-corrected chi connectivity index (χ2v) is 5.26. The van der Waals surface area contributed by atoms with Gasteiger partial charge in [0.05, 0.1) is 9.50 Å². The van der Waals surface area contributed by atoms with Crippen molar-refractivity contribution in [2.24, 2.45) is 0 Å². The number of aromatic nitrogens is 1. The first-order valence-corrected chi connectivity index (χ1v) is 5.82. The van der Waals surface area contributed by atoms with Gasteiger partial charge in [0.15, 0.2) is 0 Å². The van der Waals surface area contributed by atoms with Crippen molar-refractivity contribution in [2.45, 2.75) is 25.8 Å². The number of aliphatic hydroxyl groups excluding tert-OH is 1. The quantitative estimate of drug-likeness (QED) is 0.897. The van der Waals surface area contributed by atoms with Gasteiger partial charge < -0.3 is 10.4 Å². The van der Waals surface area contributed by atoms with Crippen LogP contribution in [0.2, 0.25) is 5.02 Å². The van der Waals surface area contributed by atoms with Crippen molar-refractivity contribution in [3.8, 4) is 0 Å². The van der Waals surface area contributed by atoms with E-state index in [-0.39, 0.29) is 12.1 Å². The third kappa shape index (κ3) is 3.97. The van der Waals surface area contributed by atoms with E-state index in [2.05, 4.69) is 26.2 Å². The van der Waals surface area contributed by atoms with Crippen LogP contribution in [0.5, 0.6) is 0 Å². The summed E-state index contributed by atoms with van der Waals surface area (Å²) in [5, 5.41) is 12.7. The van der Waals surface area contributed by atoms with E-state index >= 15 is 0 Å². The third-order valence-corrected chi connectivity index (χ3v) is 2.81. The summed E-state index contributed by atoms with van der Waals surface area (Å²) in [5.74, 6) is 0.734. The highest BCUT2D eigenvalue weighted by molar-refractivity contribution is 9.10. The molecule has 0 unspecified atom stereocenters. The predicted octanol–water partition coefficient (Wildman–Crippen LogP) is 3.07. The van der Waals surface area contributed by atoms with Crippen LogP contribution in [0.4, 0.5) is 5.82 Å². The number of nitrogens with zero attached hydrogens (tertiary/aromatic N) is 1. The first-order valence-electron chi connectivity index (χ1n) is 4.65. The zero-order valence-electron chi connectivity index (χ0n) is 8.72. The normalized spacial score (nSPS) is 11.5. The van der Waals surface area contributed by atoms with E-state index in [0.29, 0.717) is 11.4 Å². The Morgan fingerprint density at radius 2 is 2.27 bits per heavy atom. The van der Waals surface area contributed by atoms with Crippen LogP contribution in [0.25, 0.3) is 0 Å². The lowest BCUT2D eigenvalue weighted by molar-refractivity contribution is 0.260. The summed E-state index contributed by atoms with van der Waals surface area (Å²) >= 11 is 9.17. The van der Waals surface area contributed by atoms with E-state index in [1.165, 1.54) is 0 Å². The summed E-state index contributed by atoms with van der Waals surface area (Å²) in [6, 6.07) is 1.78. The van der Waals surface area contributed by atoms with Crippen molar-refractivity contribution in [3.63, 3.8) is 0 Å². The van der Waals surface area contributed by atoms with Crippen molar-refractivity contribution in [2.75, 3.05) is 11.9 Å². The molecule has 0 atom stereocenters. The van der Waals surface area contributed by atoms with E-state index < -0.39 is 0 Å². The zero-order valence-corrected chi connectivity index (χ0v) is 11.1. The zero-order chi connectivity index (χ0) is 11.5. The number of aliphatic hydroxyl groups is 1. The molecule has 1 aromatic rings. The van der Waals surface area contributed by atoms with Crippen LogP contribution in [-0.4, -0.2) is 22.2 Å². The van der Waals surface area contributed by atoms with E-state index in [1.54, 1.807) is 12.3 Å². The summed E-state index contributed by atoms with van der Waals surface area (Å²) in [4.78, 5) is 4.17. The fourth-order valence-electron chi connectivity index (χ4n) is 1.17. The maximum atomic E-state index is 8.90. The molecule has 0 amide bonds. The van der Waals surface area contributed by atoms with Crippen molar-refractivity contribution in [1.82, 2.24) is 4.98 Å². The number of hydrogen-bond acceptors (Lipinski definition) is 3. The average Bonchev–Trinajstić information content (AvgIpc) is 2.09. The van der Waals surface area contributed by atoms with Gasteiger partial charge in [-0.1, -0.05) is 11.6 Å². The molecule has 0 saturated heterocycles. The van der Waals surface area contributed by atoms with Crippen LogP contribution >= 0.6 is 27.5 Å². The molecule has 0 aliphatic heterocycles. The highest BCUT2D eigenvalue weighted by atomic mass is 79.9. The molecule has 1 rings (SSSR count). The largest absolute Gasteiger partial charge is 0.396 e. The summed E-state index contributed by atoms with van der Waals surface area (Å²) in [6.07, 6.45) is 2.24. The standard InChI is InChI=1S/C10H14BrClN2O/c1-10(2,3-4-15)14-9-8(11)5-7(12)6-13-9/h5-6,15H,3-4H2,1-2H3,(H,13,14). The summed E-state index contributed by atoms with van der Waals surface area (Å²) < 4.78 is 0.820. The second-order valence-electron chi connectivity index (χ2n) is 3.97. The first-order chi connectivity index (χ1) is 6.94. The van der Waals surface area contributed by atoms with Gasteiger partial charge in [0.25, 0.3) is 0 Å². The summed E-state index contributed by atoms with van der Waals surface area (Å²) in [7, 11) is 0. The first kappa shape index (κ1) is 12.7. The van der Waals surface area contributed by atoms with Gasteiger partial charge in [-0.05, 0) is 42.3 Å². The maximum Gasteiger partial charge on any atom is 0.140 e. The Hall–Kier alpha value is -0.320. The van der Waals surface area contributed by atoms with E-state index in [4.69, 9.17) is 16.7 Å². The smallest absolute Gasteiger partial charge is 0.140 e. The lowest BCUT2D eigenvalue weighted by atomic mass is 10.0. The predicted molar refractivity (Wildman–Crippen MR) is 66.4 cm³/mol. The minimum atomic E-state index is -0.196. The fourth-order valence-corrected chi connectivity index (χ4v) is 1.91. The van der Waals surface area contributed by atoms with Crippen LogP contribution in [0.15, 0.2) is 16.7 Å². The molecule has 1 heterocycles. The molecular formula is C10H14BrClN2O. The third-order valence-electron chi connectivity index (χ3n) is 2.00. The Kier molecular flexibility index (Phi) is 4.37. The number of hydrogen-bond donors (Lipinski definition) is 2. The van der Waals surface area contributed by atoms with Gasteiger partial charge in [0.1, 0.15) is 5.82 Å². The van der Waals surface area contributed by atoms with Gasteiger partial charge >= 0.3 is 0 Å². The molecule has 2 N–H and O–H groups in total. The van der Waals surface area contributed by atoms with Gasteiger partial charge in [-0.3, -0.25) is 0 Å². The lowest BCUT2D eigenvalue weighted by Gasteiger charge is -2.26. The molecule has 0 aliphatic rings. The number of halogens is 2. The summed E-state index contributed by atoms with van der Waals surface area (Å²) in [6.45, 7) is 4.16. The molecule has 0 fully saturated rings. The van der Waals surface area contributed by atoms with Crippen molar-refractivity contribution in [3.05, 3.63) is 21.8 Å². The molecule has 84 valence electrons. The number of rotatable bonds is 4. The Bertz CT molecular complexity index is 344. The second kappa shape index (κ2) is 5.14. The van der Waals surface area contributed by atoms with Crippen LogP contribution < -0.4 is 5.32 Å². The lowest BCUT2D eigenvalue weighted by Crippen LogP contribution is -2.32. The van der Waals surface area contributed by atoms with Crippen LogP contribution in [0, 0.1) is 0 Å². The Labute approximate surface area is 103 Å². The van der Waals surface area contributed by atoms with Crippen molar-refractivity contribution >= 4 is 33.3 Å². The Balaban J connectivity index is 2.80. The molecule has 0 aromatic carbocycles. The Morgan fingerprint density at radius 1 is 1.60 bits per heavy atom. The van der Waals surface area contributed by atoms with Crippen molar-refractivity contribution in [1.29, 1.82) is 0 Å². The molecular weight excluding hydrogens is 279 g/mol. The highest BCUT2D eigenvalue weighted by Gasteiger charge is 2.18. The fraction of sp³-hybridized carbons (Fsp3) is 0.500. The van der Waals surface area contributed by atoms with E-state index in [9.17, 15) is 0 Å². The van der Waals surface area contributed by atoms with Crippen LogP contribution in [0.3, 0.4) is 0 Å². The van der Waals surface area contributed by atoms with Crippen LogP contribution in [0.1, 0.15) is 20.3 Å². The maximum absolute atomic E-state index is 8.90. The summed E-state index contributed by atoms with van der Waals surface area (Å²) in [5.41, 5.74) is -0.196. The number of anilines is 1. The highest BCUT2D eigenvalue weighted by Crippen LogP contribution is 2.26. The molecule has 3 nitrogen and oxygen atoms in total. The monoisotopic (exact) mass is 292 g/mol. The molecule has 0 radical (unpaired) electrons. The average molecular weight is 294 g/mol. The molecule has 15 heavy (non-hydrogen) atoms. The van der Waals surface area contributed by atoms with E-state index in [0.717, 1.165) is 10.3 Å². The minimum absolute atomic E-state index is 0.144. The van der Waals surface area contributed by atoms with Gasteiger partial charge in [-0.15, -0.1) is 0 Å². The van der Waals surface area contributed by atoms with Gasteiger partial charge in [-0.2, -0.15) is 0 Å². The van der Waals surface area contributed by atoms with Gasteiger partial charge in [0.2, 0.25) is 0 Å². The van der Waals surface area contributed by atoms with Gasteiger partial charge in [0, 0.05) is 18.3 Å². The molecule has 0 bridgehead atoms. The number of nitrogens with one attached hydrogen (secondary N) is 1. The Morgan fingerprint density at radius 3 is 2.80 bits per heavy atom. The van der Waals surface area contributed by atoms with E-state index in [1.807, 2.05) is 13.8 Å². The molecule has 0 spiro atoms. The van der Waals surface area contributed by atoms with Gasteiger partial charge in [-0.25, -0.2) is 4.98 Å². The SMILES string of the molecule is CC(C)(CCO)Nc1ncc(Cl)cc1Br. The molecule has 1 aromatic heterocycles. The van der Waals surface area contributed by atoms with Crippen LogP contribution in [-0.2, 0) is 0 Å².